The third-order valence-electron chi connectivity index (χ3n) is 1.98. The molecule has 0 fully saturated rings. The van der Waals surface area contributed by atoms with Crippen LogP contribution in [0.15, 0.2) is 18.2 Å². The van der Waals surface area contributed by atoms with Gasteiger partial charge in [0.2, 0.25) is 0 Å². The van der Waals surface area contributed by atoms with Crippen molar-refractivity contribution in [2.75, 3.05) is 0 Å². The van der Waals surface area contributed by atoms with Crippen LogP contribution in [-0.4, -0.2) is 10.0 Å². The molecular formula is C9H7NO3S. The highest BCUT2D eigenvalue weighted by atomic mass is 32.1. The van der Waals surface area contributed by atoms with Gasteiger partial charge in [-0.25, -0.2) is 0 Å². The van der Waals surface area contributed by atoms with Crippen molar-refractivity contribution in [2.24, 2.45) is 0 Å². The van der Waals surface area contributed by atoms with Crippen LogP contribution in [0.25, 0.3) is 10.1 Å². The topological polar surface area (TPSA) is 63.4 Å². The standard InChI is InChI=1S/C9H7NO3S/c1-5-2-3-6-7(4-5)14-9(11)8(6)10(12)13/h2-4,11H,1H3. The third-order valence-corrected chi connectivity index (χ3v) is 2.93. The molecule has 2 aromatic rings. The van der Waals surface area contributed by atoms with Gasteiger partial charge in [-0.15, -0.1) is 0 Å². The minimum Gasteiger partial charge on any atom is -0.495 e. The molecule has 0 bridgehead atoms. The Morgan fingerprint density at radius 1 is 1.50 bits per heavy atom. The fourth-order valence-electron chi connectivity index (χ4n) is 1.35. The van der Waals surface area contributed by atoms with E-state index < -0.39 is 4.92 Å². The van der Waals surface area contributed by atoms with E-state index in [-0.39, 0.29) is 10.8 Å². The summed E-state index contributed by atoms with van der Waals surface area (Å²) in [6, 6.07) is 5.28. The summed E-state index contributed by atoms with van der Waals surface area (Å²) in [4.78, 5) is 10.1. The normalized spacial score (nSPS) is 10.6. The van der Waals surface area contributed by atoms with Gasteiger partial charge >= 0.3 is 5.69 Å². The van der Waals surface area contributed by atoms with E-state index in [4.69, 9.17) is 0 Å². The summed E-state index contributed by atoms with van der Waals surface area (Å²) in [5, 5.41) is 20.3. The van der Waals surface area contributed by atoms with Gasteiger partial charge in [-0.3, -0.25) is 10.1 Å². The molecule has 1 heterocycles. The molecule has 2 rings (SSSR count). The zero-order chi connectivity index (χ0) is 10.3. The Morgan fingerprint density at radius 2 is 2.21 bits per heavy atom. The summed E-state index contributed by atoms with van der Waals surface area (Å²) in [7, 11) is 0. The van der Waals surface area contributed by atoms with E-state index in [0.29, 0.717) is 5.39 Å². The van der Waals surface area contributed by atoms with Crippen molar-refractivity contribution in [3.05, 3.63) is 33.9 Å². The predicted octanol–water partition coefficient (Wildman–Crippen LogP) is 2.82. The first kappa shape index (κ1) is 8.96. The second-order valence-electron chi connectivity index (χ2n) is 3.01. The zero-order valence-electron chi connectivity index (χ0n) is 7.35. The third kappa shape index (κ3) is 1.22. The summed E-state index contributed by atoms with van der Waals surface area (Å²) in [6.07, 6.45) is 0. The van der Waals surface area contributed by atoms with E-state index in [2.05, 4.69) is 0 Å². The summed E-state index contributed by atoms with van der Waals surface area (Å²) in [5.41, 5.74) is 0.832. The maximum absolute atomic E-state index is 10.6. The Balaban J connectivity index is 2.84. The number of rotatable bonds is 1. The van der Waals surface area contributed by atoms with Crippen molar-refractivity contribution in [1.82, 2.24) is 0 Å². The molecular weight excluding hydrogens is 202 g/mol. The van der Waals surface area contributed by atoms with Crippen LogP contribution in [0.1, 0.15) is 5.56 Å². The van der Waals surface area contributed by atoms with Gasteiger partial charge in [0.05, 0.1) is 10.3 Å². The average molecular weight is 209 g/mol. The van der Waals surface area contributed by atoms with Gasteiger partial charge in [0, 0.05) is 4.70 Å². The average Bonchev–Trinajstić information content (AvgIpc) is 2.39. The Morgan fingerprint density at radius 3 is 2.86 bits per heavy atom. The number of benzene rings is 1. The van der Waals surface area contributed by atoms with Gasteiger partial charge in [-0.05, 0) is 24.6 Å². The van der Waals surface area contributed by atoms with Crippen LogP contribution in [-0.2, 0) is 0 Å². The number of aryl methyl sites for hydroxylation is 1. The number of fused-ring (bicyclic) bond motifs is 1. The number of hydrogen-bond donors (Lipinski definition) is 1. The van der Waals surface area contributed by atoms with Crippen molar-refractivity contribution in [1.29, 1.82) is 0 Å². The molecule has 0 amide bonds. The Labute approximate surface area is 83.6 Å². The number of nitro groups is 1. The first-order valence-electron chi connectivity index (χ1n) is 3.96. The van der Waals surface area contributed by atoms with Crippen LogP contribution >= 0.6 is 11.3 Å². The smallest absolute Gasteiger partial charge is 0.330 e. The van der Waals surface area contributed by atoms with Crippen LogP contribution in [0.4, 0.5) is 5.69 Å². The fraction of sp³-hybridized carbons (Fsp3) is 0.111. The van der Waals surface area contributed by atoms with E-state index in [1.54, 1.807) is 12.1 Å². The van der Waals surface area contributed by atoms with Crippen LogP contribution in [0, 0.1) is 17.0 Å². The minimum absolute atomic E-state index is 0.190. The molecule has 0 aliphatic heterocycles. The van der Waals surface area contributed by atoms with Crippen molar-refractivity contribution in [2.45, 2.75) is 6.92 Å². The quantitative estimate of drug-likeness (QED) is 0.580. The zero-order valence-corrected chi connectivity index (χ0v) is 8.17. The number of hydrogen-bond acceptors (Lipinski definition) is 4. The highest BCUT2D eigenvalue weighted by molar-refractivity contribution is 7.21. The molecule has 1 N–H and O–H groups in total. The van der Waals surface area contributed by atoms with Crippen molar-refractivity contribution < 1.29 is 10.0 Å². The Kier molecular flexibility index (Phi) is 1.89. The lowest BCUT2D eigenvalue weighted by Crippen LogP contribution is -1.85. The molecule has 0 atom stereocenters. The van der Waals surface area contributed by atoms with E-state index >= 15 is 0 Å². The second kappa shape index (κ2) is 2.95. The molecule has 1 aromatic heterocycles. The van der Waals surface area contributed by atoms with Crippen LogP contribution < -0.4 is 0 Å². The number of thiophene rings is 1. The molecule has 0 saturated heterocycles. The fourth-order valence-corrected chi connectivity index (χ4v) is 2.36. The maximum atomic E-state index is 10.6. The van der Waals surface area contributed by atoms with Gasteiger partial charge < -0.3 is 5.11 Å². The maximum Gasteiger partial charge on any atom is 0.330 e. The van der Waals surface area contributed by atoms with Gasteiger partial charge in [-0.2, -0.15) is 0 Å². The molecule has 0 spiro atoms. The molecule has 0 radical (unpaired) electrons. The minimum atomic E-state index is -0.552. The number of nitrogens with zero attached hydrogens (tertiary/aromatic N) is 1. The van der Waals surface area contributed by atoms with E-state index in [0.717, 1.165) is 21.6 Å². The molecule has 72 valence electrons. The van der Waals surface area contributed by atoms with E-state index in [1.807, 2.05) is 13.0 Å². The number of aromatic hydroxyl groups is 1. The summed E-state index contributed by atoms with van der Waals surface area (Å²) in [6.45, 7) is 1.90. The lowest BCUT2D eigenvalue weighted by atomic mass is 10.2. The predicted molar refractivity (Wildman–Crippen MR) is 54.9 cm³/mol. The summed E-state index contributed by atoms with van der Waals surface area (Å²) in [5.74, 6) is 0. The molecule has 14 heavy (non-hydrogen) atoms. The van der Waals surface area contributed by atoms with Crippen LogP contribution in [0.5, 0.6) is 5.06 Å². The first-order valence-corrected chi connectivity index (χ1v) is 4.78. The van der Waals surface area contributed by atoms with Crippen LogP contribution in [0.3, 0.4) is 0 Å². The Hall–Kier alpha value is -1.62. The molecule has 0 aliphatic carbocycles. The van der Waals surface area contributed by atoms with Crippen molar-refractivity contribution in [3.63, 3.8) is 0 Å². The van der Waals surface area contributed by atoms with Crippen molar-refractivity contribution in [3.8, 4) is 5.06 Å². The molecule has 0 saturated carbocycles. The molecule has 0 unspecified atom stereocenters. The monoisotopic (exact) mass is 209 g/mol. The highest BCUT2D eigenvalue weighted by Gasteiger charge is 2.21. The SMILES string of the molecule is Cc1ccc2c([N+](=O)[O-])c(O)sc2c1. The lowest BCUT2D eigenvalue weighted by Gasteiger charge is -1.91. The molecule has 1 aromatic carbocycles. The van der Waals surface area contributed by atoms with Gasteiger partial charge in [0.1, 0.15) is 0 Å². The molecule has 5 heteroatoms. The van der Waals surface area contributed by atoms with E-state index in [1.165, 1.54) is 0 Å². The van der Waals surface area contributed by atoms with Crippen molar-refractivity contribution >= 4 is 27.1 Å². The summed E-state index contributed by atoms with van der Waals surface area (Å²) < 4.78 is 0.745. The first-order chi connectivity index (χ1) is 6.59. The van der Waals surface area contributed by atoms with Gasteiger partial charge in [-0.1, -0.05) is 17.4 Å². The van der Waals surface area contributed by atoms with Gasteiger partial charge in [0.25, 0.3) is 5.06 Å². The molecule has 0 aliphatic rings. The summed E-state index contributed by atoms with van der Waals surface area (Å²) >= 11 is 1.04. The van der Waals surface area contributed by atoms with Gasteiger partial charge in [0.15, 0.2) is 0 Å². The Bertz CT molecular complexity index is 518. The second-order valence-corrected chi connectivity index (χ2v) is 4.04. The lowest BCUT2D eigenvalue weighted by molar-refractivity contribution is -0.383. The largest absolute Gasteiger partial charge is 0.495 e. The molecule has 4 nitrogen and oxygen atoms in total. The highest BCUT2D eigenvalue weighted by Crippen LogP contribution is 2.42. The van der Waals surface area contributed by atoms with Crippen LogP contribution in [0.2, 0.25) is 0 Å². The van der Waals surface area contributed by atoms with E-state index in [9.17, 15) is 15.2 Å².